The summed E-state index contributed by atoms with van der Waals surface area (Å²) in [5.74, 6) is 1.49. The van der Waals surface area contributed by atoms with Gasteiger partial charge in [0, 0.05) is 22.4 Å². The lowest BCUT2D eigenvalue weighted by Crippen LogP contribution is -2.23. The van der Waals surface area contributed by atoms with Crippen LogP contribution in [-0.4, -0.2) is 34.2 Å². The minimum absolute atomic E-state index is 0.168. The van der Waals surface area contributed by atoms with E-state index < -0.39 is 0 Å². The average Bonchev–Trinajstić information content (AvgIpc) is 3.10. The second-order valence-corrected chi connectivity index (χ2v) is 6.82. The number of nitrogens with one attached hydrogen (secondary N) is 2. The van der Waals surface area contributed by atoms with E-state index in [0.29, 0.717) is 17.4 Å². The van der Waals surface area contributed by atoms with Crippen molar-refractivity contribution in [3.63, 3.8) is 0 Å². The standard InChI is InChI=1S/C18H17BrN4O/c19-11-5-6-16(24)14(9-11)18-22-15-4-2-1-3-13(15)17(23-18)21-12-7-8-20-10-12/h1-6,9,12,20,24H,7-8,10H2,(H,21,22,23)/t12-/m0/s1. The lowest BCUT2D eigenvalue weighted by molar-refractivity contribution is 0.477. The lowest BCUT2D eigenvalue weighted by atomic mass is 10.1. The van der Waals surface area contributed by atoms with Crippen LogP contribution in [0, 0.1) is 0 Å². The quantitative estimate of drug-likeness (QED) is 0.644. The predicted octanol–water partition coefficient (Wildman–Crippen LogP) is 3.54. The van der Waals surface area contributed by atoms with Crippen molar-refractivity contribution in [2.24, 2.45) is 0 Å². The third kappa shape index (κ3) is 2.95. The largest absolute Gasteiger partial charge is 0.507 e. The zero-order valence-corrected chi connectivity index (χ0v) is 14.5. The van der Waals surface area contributed by atoms with Gasteiger partial charge in [-0.05, 0) is 43.3 Å². The highest BCUT2D eigenvalue weighted by atomic mass is 79.9. The molecule has 122 valence electrons. The molecule has 4 rings (SSSR count). The molecule has 0 radical (unpaired) electrons. The average molecular weight is 385 g/mol. The molecule has 1 aromatic heterocycles. The van der Waals surface area contributed by atoms with Crippen LogP contribution < -0.4 is 10.6 Å². The summed E-state index contributed by atoms with van der Waals surface area (Å²) in [6.45, 7) is 1.94. The number of rotatable bonds is 3. The number of phenols is 1. The van der Waals surface area contributed by atoms with Gasteiger partial charge >= 0.3 is 0 Å². The fraction of sp³-hybridized carbons (Fsp3) is 0.222. The van der Waals surface area contributed by atoms with E-state index in [4.69, 9.17) is 4.98 Å². The van der Waals surface area contributed by atoms with Crippen molar-refractivity contribution in [2.45, 2.75) is 12.5 Å². The molecule has 6 heteroatoms. The van der Waals surface area contributed by atoms with E-state index in [0.717, 1.165) is 40.7 Å². The molecule has 3 aromatic rings. The van der Waals surface area contributed by atoms with Gasteiger partial charge in [0.05, 0.1) is 11.1 Å². The highest BCUT2D eigenvalue weighted by molar-refractivity contribution is 9.10. The number of para-hydroxylation sites is 1. The van der Waals surface area contributed by atoms with E-state index in [1.54, 1.807) is 12.1 Å². The summed E-state index contributed by atoms with van der Waals surface area (Å²) >= 11 is 3.44. The van der Waals surface area contributed by atoms with E-state index in [9.17, 15) is 5.11 Å². The van der Waals surface area contributed by atoms with Gasteiger partial charge in [-0.3, -0.25) is 0 Å². The summed E-state index contributed by atoms with van der Waals surface area (Å²) in [4.78, 5) is 9.34. The van der Waals surface area contributed by atoms with E-state index in [1.807, 2.05) is 30.3 Å². The summed E-state index contributed by atoms with van der Waals surface area (Å²) in [6, 6.07) is 13.6. The van der Waals surface area contributed by atoms with Gasteiger partial charge in [-0.1, -0.05) is 28.1 Å². The molecule has 1 saturated heterocycles. The predicted molar refractivity (Wildman–Crippen MR) is 99.2 cm³/mol. The molecule has 0 aliphatic carbocycles. The molecule has 5 nitrogen and oxygen atoms in total. The summed E-state index contributed by atoms with van der Waals surface area (Å²) < 4.78 is 0.876. The summed E-state index contributed by atoms with van der Waals surface area (Å²) in [5.41, 5.74) is 1.47. The Labute approximate surface area is 148 Å². The minimum Gasteiger partial charge on any atom is -0.507 e. The number of aromatic nitrogens is 2. The molecule has 0 unspecified atom stereocenters. The SMILES string of the molecule is Oc1ccc(Br)cc1-c1nc(N[C@H]2CCNC2)c2ccccc2n1. The normalized spacial score (nSPS) is 17.3. The van der Waals surface area contributed by atoms with Crippen LogP contribution in [0.5, 0.6) is 5.75 Å². The van der Waals surface area contributed by atoms with Gasteiger partial charge in [-0.15, -0.1) is 0 Å². The molecule has 2 aromatic carbocycles. The van der Waals surface area contributed by atoms with Crippen molar-refractivity contribution >= 4 is 32.7 Å². The van der Waals surface area contributed by atoms with Gasteiger partial charge in [-0.25, -0.2) is 9.97 Å². The van der Waals surface area contributed by atoms with E-state index >= 15 is 0 Å². The molecule has 3 N–H and O–H groups in total. The Hall–Kier alpha value is -2.18. The fourth-order valence-electron chi connectivity index (χ4n) is 2.97. The van der Waals surface area contributed by atoms with Crippen LogP contribution in [0.3, 0.4) is 0 Å². The molecule has 0 amide bonds. The van der Waals surface area contributed by atoms with Crippen LogP contribution in [0.2, 0.25) is 0 Å². The number of nitrogens with zero attached hydrogens (tertiary/aromatic N) is 2. The zero-order valence-electron chi connectivity index (χ0n) is 13.0. The first-order valence-electron chi connectivity index (χ1n) is 7.93. The van der Waals surface area contributed by atoms with Gasteiger partial charge in [0.1, 0.15) is 11.6 Å². The molecule has 0 bridgehead atoms. The Morgan fingerprint density at radius 2 is 2.04 bits per heavy atom. The van der Waals surface area contributed by atoms with Gasteiger partial charge in [0.2, 0.25) is 0 Å². The topological polar surface area (TPSA) is 70.1 Å². The third-order valence-corrected chi connectivity index (χ3v) is 4.70. The van der Waals surface area contributed by atoms with Crippen LogP contribution in [-0.2, 0) is 0 Å². The summed E-state index contributed by atoms with van der Waals surface area (Å²) in [6.07, 6.45) is 1.07. The van der Waals surface area contributed by atoms with Gasteiger partial charge < -0.3 is 15.7 Å². The van der Waals surface area contributed by atoms with Crippen LogP contribution >= 0.6 is 15.9 Å². The number of phenolic OH excluding ortho intramolecular Hbond substituents is 1. The van der Waals surface area contributed by atoms with Crippen molar-refractivity contribution in [2.75, 3.05) is 18.4 Å². The third-order valence-electron chi connectivity index (χ3n) is 4.20. The maximum absolute atomic E-state index is 10.2. The van der Waals surface area contributed by atoms with E-state index in [-0.39, 0.29) is 5.75 Å². The van der Waals surface area contributed by atoms with E-state index in [2.05, 4.69) is 31.5 Å². The number of benzene rings is 2. The molecule has 24 heavy (non-hydrogen) atoms. The van der Waals surface area contributed by atoms with Crippen molar-refractivity contribution in [3.05, 3.63) is 46.9 Å². The molecule has 0 spiro atoms. The molecule has 2 heterocycles. The smallest absolute Gasteiger partial charge is 0.165 e. The van der Waals surface area contributed by atoms with Crippen LogP contribution in [0.15, 0.2) is 46.9 Å². The maximum atomic E-state index is 10.2. The van der Waals surface area contributed by atoms with E-state index in [1.165, 1.54) is 0 Å². The highest BCUT2D eigenvalue weighted by Crippen LogP contribution is 2.32. The van der Waals surface area contributed by atoms with Gasteiger partial charge in [0.25, 0.3) is 0 Å². The van der Waals surface area contributed by atoms with Crippen molar-refractivity contribution < 1.29 is 5.11 Å². The minimum atomic E-state index is 0.168. The molecule has 1 fully saturated rings. The Morgan fingerprint density at radius 1 is 1.17 bits per heavy atom. The van der Waals surface area contributed by atoms with Crippen LogP contribution in [0.4, 0.5) is 5.82 Å². The number of hydrogen-bond donors (Lipinski definition) is 3. The zero-order chi connectivity index (χ0) is 16.5. The second kappa shape index (κ2) is 6.37. The van der Waals surface area contributed by atoms with Crippen LogP contribution in [0.25, 0.3) is 22.3 Å². The number of aromatic hydroxyl groups is 1. The van der Waals surface area contributed by atoms with Crippen LogP contribution in [0.1, 0.15) is 6.42 Å². The summed E-state index contributed by atoms with van der Waals surface area (Å²) in [5, 5.41) is 18.1. The molecule has 1 aliphatic rings. The van der Waals surface area contributed by atoms with Gasteiger partial charge in [-0.2, -0.15) is 0 Å². The number of halogens is 1. The summed E-state index contributed by atoms with van der Waals surface area (Å²) in [7, 11) is 0. The molecule has 1 atom stereocenters. The monoisotopic (exact) mass is 384 g/mol. The Balaban J connectivity index is 1.85. The molecule has 1 aliphatic heterocycles. The molecule has 0 saturated carbocycles. The van der Waals surface area contributed by atoms with Crippen molar-refractivity contribution in [1.29, 1.82) is 0 Å². The Bertz CT molecular complexity index is 893. The Kier molecular flexibility index (Phi) is 4.08. The Morgan fingerprint density at radius 3 is 2.88 bits per heavy atom. The fourth-order valence-corrected chi connectivity index (χ4v) is 3.33. The first-order chi connectivity index (χ1) is 11.7. The molecular formula is C18H17BrN4O. The number of anilines is 1. The lowest BCUT2D eigenvalue weighted by Gasteiger charge is -2.15. The first kappa shape index (κ1) is 15.4. The van der Waals surface area contributed by atoms with Crippen molar-refractivity contribution in [3.8, 4) is 17.1 Å². The van der Waals surface area contributed by atoms with Crippen molar-refractivity contribution in [1.82, 2.24) is 15.3 Å². The maximum Gasteiger partial charge on any atom is 0.165 e. The second-order valence-electron chi connectivity index (χ2n) is 5.91. The first-order valence-corrected chi connectivity index (χ1v) is 8.73. The van der Waals surface area contributed by atoms with Gasteiger partial charge in [0.15, 0.2) is 5.82 Å². The highest BCUT2D eigenvalue weighted by Gasteiger charge is 2.18. The number of fused-ring (bicyclic) bond motifs is 1. The number of hydrogen-bond acceptors (Lipinski definition) is 5. The molecular weight excluding hydrogens is 368 g/mol.